The first-order valence-electron chi connectivity index (χ1n) is 7.23. The van der Waals surface area contributed by atoms with Gasteiger partial charge in [0.1, 0.15) is 16.6 Å². The average molecular weight is 308 g/mol. The average Bonchev–Trinajstić information content (AvgIpc) is 3.16. The van der Waals surface area contributed by atoms with Crippen LogP contribution in [0.25, 0.3) is 10.6 Å². The number of aromatic nitrogens is 1. The first-order valence-corrected chi connectivity index (χ1v) is 8.05. The molecule has 3 rings (SSSR count). The molecule has 2 aromatic rings. The summed E-state index contributed by atoms with van der Waals surface area (Å²) in [6.07, 6.45) is 2.43. The zero-order valence-electron chi connectivity index (χ0n) is 12.1. The molecule has 1 saturated carbocycles. The third-order valence-corrected chi connectivity index (χ3v) is 4.67. The topological polar surface area (TPSA) is 24.9 Å². The van der Waals surface area contributed by atoms with E-state index in [0.29, 0.717) is 11.0 Å². The quantitative estimate of drug-likeness (QED) is 0.882. The molecule has 0 aliphatic heterocycles. The summed E-state index contributed by atoms with van der Waals surface area (Å²) in [5.41, 5.74) is 0.924. The van der Waals surface area contributed by atoms with Crippen LogP contribution in [-0.2, 0) is 6.54 Å². The molecule has 0 amide bonds. The van der Waals surface area contributed by atoms with Gasteiger partial charge in [-0.1, -0.05) is 19.9 Å². The SMILES string of the molecule is CC(C)c1nc(-c2c(F)cccc2F)sc1CNC1CC1. The Morgan fingerprint density at radius 2 is 1.95 bits per heavy atom. The zero-order chi connectivity index (χ0) is 15.0. The van der Waals surface area contributed by atoms with E-state index >= 15 is 0 Å². The van der Waals surface area contributed by atoms with Gasteiger partial charge >= 0.3 is 0 Å². The molecule has 0 spiro atoms. The maximum absolute atomic E-state index is 13.9. The lowest BCUT2D eigenvalue weighted by molar-refractivity contribution is 0.589. The van der Waals surface area contributed by atoms with Crippen molar-refractivity contribution in [2.75, 3.05) is 0 Å². The van der Waals surface area contributed by atoms with E-state index in [1.807, 2.05) is 0 Å². The standard InChI is InChI=1S/C16H18F2N2S/c1-9(2)15-13(8-19-10-6-7-10)21-16(20-15)14-11(17)4-3-5-12(14)18/h3-5,9-10,19H,6-8H2,1-2H3. The van der Waals surface area contributed by atoms with E-state index in [9.17, 15) is 8.78 Å². The lowest BCUT2D eigenvalue weighted by Gasteiger charge is -2.05. The molecule has 2 nitrogen and oxygen atoms in total. The number of rotatable bonds is 5. The molecule has 1 fully saturated rings. The smallest absolute Gasteiger partial charge is 0.136 e. The number of hydrogen-bond donors (Lipinski definition) is 1. The number of nitrogens with zero attached hydrogens (tertiary/aromatic N) is 1. The van der Waals surface area contributed by atoms with Crippen molar-refractivity contribution in [3.63, 3.8) is 0 Å². The second-order valence-corrected chi connectivity index (χ2v) is 6.82. The molecule has 0 atom stereocenters. The van der Waals surface area contributed by atoms with Gasteiger partial charge in [0.05, 0.1) is 11.3 Å². The molecule has 1 N–H and O–H groups in total. The second-order valence-electron chi connectivity index (χ2n) is 5.73. The van der Waals surface area contributed by atoms with Gasteiger partial charge in [0, 0.05) is 17.5 Å². The Morgan fingerprint density at radius 1 is 1.29 bits per heavy atom. The molecule has 0 unspecified atom stereocenters. The summed E-state index contributed by atoms with van der Waals surface area (Å²) in [6.45, 7) is 4.83. The van der Waals surface area contributed by atoms with Gasteiger partial charge in [-0.2, -0.15) is 0 Å². The van der Waals surface area contributed by atoms with E-state index in [1.54, 1.807) is 0 Å². The second kappa shape index (κ2) is 5.81. The number of halogens is 2. The van der Waals surface area contributed by atoms with Crippen LogP contribution >= 0.6 is 11.3 Å². The van der Waals surface area contributed by atoms with Gasteiger partial charge in [0.2, 0.25) is 0 Å². The first kappa shape index (κ1) is 14.6. The van der Waals surface area contributed by atoms with Gasteiger partial charge in [0.15, 0.2) is 0 Å². The molecular formula is C16H18F2N2S. The molecule has 0 radical (unpaired) electrons. The third-order valence-electron chi connectivity index (χ3n) is 3.58. The van der Waals surface area contributed by atoms with Gasteiger partial charge in [0.25, 0.3) is 0 Å². The Hall–Kier alpha value is -1.33. The maximum Gasteiger partial charge on any atom is 0.136 e. The third kappa shape index (κ3) is 3.14. The molecule has 1 aliphatic rings. The van der Waals surface area contributed by atoms with Crippen molar-refractivity contribution in [1.29, 1.82) is 0 Å². The van der Waals surface area contributed by atoms with Crippen LogP contribution in [0, 0.1) is 11.6 Å². The normalized spacial score (nSPS) is 14.9. The minimum absolute atomic E-state index is 0.0120. The van der Waals surface area contributed by atoms with Crippen molar-refractivity contribution in [1.82, 2.24) is 10.3 Å². The van der Waals surface area contributed by atoms with Crippen LogP contribution in [0.5, 0.6) is 0 Å². The van der Waals surface area contributed by atoms with Crippen LogP contribution in [-0.4, -0.2) is 11.0 Å². The molecule has 21 heavy (non-hydrogen) atoms. The van der Waals surface area contributed by atoms with Crippen LogP contribution in [0.4, 0.5) is 8.78 Å². The highest BCUT2D eigenvalue weighted by molar-refractivity contribution is 7.15. The highest BCUT2D eigenvalue weighted by Gasteiger charge is 2.23. The highest BCUT2D eigenvalue weighted by atomic mass is 32.1. The molecule has 1 aromatic heterocycles. The van der Waals surface area contributed by atoms with Gasteiger partial charge in [-0.05, 0) is 30.9 Å². The van der Waals surface area contributed by atoms with Gasteiger partial charge in [-0.3, -0.25) is 0 Å². The molecule has 1 heterocycles. The first-order chi connectivity index (χ1) is 10.1. The van der Waals surface area contributed by atoms with E-state index in [0.717, 1.165) is 17.1 Å². The molecule has 112 valence electrons. The minimum atomic E-state index is -0.555. The maximum atomic E-state index is 13.9. The van der Waals surface area contributed by atoms with E-state index in [1.165, 1.54) is 42.4 Å². The number of nitrogens with one attached hydrogen (secondary N) is 1. The van der Waals surface area contributed by atoms with Gasteiger partial charge < -0.3 is 5.32 Å². The lowest BCUT2D eigenvalue weighted by atomic mass is 10.1. The van der Waals surface area contributed by atoms with Crippen molar-refractivity contribution in [3.05, 3.63) is 40.4 Å². The number of thiazole rings is 1. The molecule has 1 aromatic carbocycles. The molecule has 0 saturated heterocycles. The van der Waals surface area contributed by atoms with Crippen molar-refractivity contribution < 1.29 is 8.78 Å². The van der Waals surface area contributed by atoms with Crippen molar-refractivity contribution >= 4 is 11.3 Å². The summed E-state index contributed by atoms with van der Waals surface area (Å²) in [5, 5.41) is 3.88. The van der Waals surface area contributed by atoms with Gasteiger partial charge in [-0.15, -0.1) is 11.3 Å². The van der Waals surface area contributed by atoms with Crippen molar-refractivity contribution in [2.24, 2.45) is 0 Å². The van der Waals surface area contributed by atoms with Gasteiger partial charge in [-0.25, -0.2) is 13.8 Å². The fraction of sp³-hybridized carbons (Fsp3) is 0.438. The Balaban J connectivity index is 1.96. The van der Waals surface area contributed by atoms with Crippen molar-refractivity contribution in [3.8, 4) is 10.6 Å². The van der Waals surface area contributed by atoms with Crippen LogP contribution in [0.15, 0.2) is 18.2 Å². The minimum Gasteiger partial charge on any atom is -0.309 e. The fourth-order valence-electron chi connectivity index (χ4n) is 2.27. The zero-order valence-corrected chi connectivity index (χ0v) is 12.9. The van der Waals surface area contributed by atoms with Crippen LogP contribution in [0.3, 0.4) is 0 Å². The summed E-state index contributed by atoms with van der Waals surface area (Å²) >= 11 is 1.39. The summed E-state index contributed by atoms with van der Waals surface area (Å²) in [6, 6.07) is 4.52. The monoisotopic (exact) mass is 308 g/mol. The molecular weight excluding hydrogens is 290 g/mol. The Morgan fingerprint density at radius 3 is 2.52 bits per heavy atom. The predicted octanol–water partition coefficient (Wildman–Crippen LogP) is 4.46. The Labute approximate surface area is 127 Å². The number of hydrogen-bond acceptors (Lipinski definition) is 3. The van der Waals surface area contributed by atoms with E-state index in [4.69, 9.17) is 0 Å². The largest absolute Gasteiger partial charge is 0.309 e. The predicted molar refractivity (Wildman–Crippen MR) is 81.4 cm³/mol. The lowest BCUT2D eigenvalue weighted by Crippen LogP contribution is -2.15. The van der Waals surface area contributed by atoms with E-state index in [2.05, 4.69) is 24.1 Å². The summed E-state index contributed by atoms with van der Waals surface area (Å²) in [7, 11) is 0. The Kier molecular flexibility index (Phi) is 4.04. The van der Waals surface area contributed by atoms with Crippen LogP contribution in [0.2, 0.25) is 0 Å². The molecule has 0 bridgehead atoms. The summed E-state index contributed by atoms with van der Waals surface area (Å²) < 4.78 is 27.8. The van der Waals surface area contributed by atoms with Crippen LogP contribution in [0.1, 0.15) is 43.2 Å². The Bertz CT molecular complexity index is 627. The summed E-state index contributed by atoms with van der Waals surface area (Å²) in [4.78, 5) is 5.58. The van der Waals surface area contributed by atoms with Crippen LogP contribution < -0.4 is 5.32 Å². The fourth-order valence-corrected chi connectivity index (χ4v) is 3.49. The highest BCUT2D eigenvalue weighted by Crippen LogP contribution is 2.35. The van der Waals surface area contributed by atoms with E-state index in [-0.39, 0.29) is 11.5 Å². The summed E-state index contributed by atoms with van der Waals surface area (Å²) in [5.74, 6) is -0.873. The number of benzene rings is 1. The molecule has 1 aliphatic carbocycles. The molecule has 5 heteroatoms. The van der Waals surface area contributed by atoms with Crippen molar-refractivity contribution in [2.45, 2.75) is 45.2 Å². The van der Waals surface area contributed by atoms with E-state index < -0.39 is 11.6 Å².